The molecule has 0 aliphatic carbocycles. The van der Waals surface area contributed by atoms with E-state index in [0.717, 1.165) is 0 Å². The maximum Gasteiger partial charge on any atom is 0.245 e. The van der Waals surface area contributed by atoms with Gasteiger partial charge in [0.1, 0.15) is 23.7 Å². The number of carbonyl (C=O) groups excluding carboxylic acids is 5. The number of nitrogens with one attached hydrogen (secondary N) is 3. The number of ether oxygens (including phenoxy) is 1. The van der Waals surface area contributed by atoms with Crippen molar-refractivity contribution in [3.63, 3.8) is 0 Å². The van der Waals surface area contributed by atoms with Crippen molar-refractivity contribution >= 4 is 29.4 Å². The first-order chi connectivity index (χ1) is 18.0. The van der Waals surface area contributed by atoms with Gasteiger partial charge in [-0.25, -0.2) is 0 Å². The fourth-order valence-electron chi connectivity index (χ4n) is 4.41. The van der Waals surface area contributed by atoms with Gasteiger partial charge in [0.25, 0.3) is 0 Å². The highest BCUT2D eigenvalue weighted by Crippen LogP contribution is 2.29. The lowest BCUT2D eigenvalue weighted by atomic mass is 9.92. The van der Waals surface area contributed by atoms with Crippen LogP contribution in [0.1, 0.15) is 81.6 Å². The molecule has 1 fully saturated rings. The van der Waals surface area contributed by atoms with E-state index < -0.39 is 53.6 Å². The fourth-order valence-corrected chi connectivity index (χ4v) is 4.41. The molecular formula is C28H50N4O7. The number of epoxide rings is 1. The van der Waals surface area contributed by atoms with Gasteiger partial charge in [0.05, 0.1) is 18.8 Å². The normalized spacial score (nSPS) is 21.9. The van der Waals surface area contributed by atoms with Crippen LogP contribution >= 0.6 is 0 Å². The Morgan fingerprint density at radius 1 is 0.872 bits per heavy atom. The number of amides is 4. The SMILES string of the molecule is CC[C@H](C)C(C(=O)N[C@H](C(=O)N[C@H](C(=O)N[C@@H](CC(C)C)C(=O)[C@@]1(C)CO1)[C@@H](C)O)[C@@H](C)CC)N(C)C(C)=O. The number of likely N-dealkylation sites (N-methyl/N-ethyl adjacent to an activating group) is 1. The van der Waals surface area contributed by atoms with Crippen molar-refractivity contribution in [1.82, 2.24) is 20.9 Å². The molecule has 224 valence electrons. The predicted octanol–water partition coefficient (Wildman–Crippen LogP) is 1.16. The molecule has 11 heteroatoms. The number of Topliss-reactive ketones (excluding diaryl/α,β-unsaturated/α-hetero) is 1. The summed E-state index contributed by atoms with van der Waals surface area (Å²) < 4.78 is 5.27. The Labute approximate surface area is 233 Å². The molecule has 4 amide bonds. The molecule has 4 N–H and O–H groups in total. The quantitative estimate of drug-likeness (QED) is 0.209. The number of hydrogen-bond donors (Lipinski definition) is 4. The number of aliphatic hydroxyl groups excluding tert-OH is 1. The zero-order valence-corrected chi connectivity index (χ0v) is 25.3. The maximum absolute atomic E-state index is 13.4. The van der Waals surface area contributed by atoms with Gasteiger partial charge < -0.3 is 30.7 Å². The fraction of sp³-hybridized carbons (Fsp3) is 0.821. The third-order valence-corrected chi connectivity index (χ3v) is 7.66. The van der Waals surface area contributed by atoms with Gasteiger partial charge in [-0.3, -0.25) is 24.0 Å². The minimum atomic E-state index is -1.36. The Kier molecular flexibility index (Phi) is 13.0. The van der Waals surface area contributed by atoms with Crippen molar-refractivity contribution in [2.24, 2.45) is 17.8 Å². The summed E-state index contributed by atoms with van der Waals surface area (Å²) in [7, 11) is 1.55. The molecule has 0 aromatic carbocycles. The molecule has 1 saturated heterocycles. The van der Waals surface area contributed by atoms with Crippen molar-refractivity contribution in [1.29, 1.82) is 0 Å². The molecule has 1 aliphatic heterocycles. The smallest absolute Gasteiger partial charge is 0.245 e. The number of rotatable bonds is 16. The molecule has 1 unspecified atom stereocenters. The van der Waals surface area contributed by atoms with Gasteiger partial charge in [0.2, 0.25) is 23.6 Å². The molecule has 1 rings (SSSR count). The largest absolute Gasteiger partial charge is 0.391 e. The Morgan fingerprint density at radius 2 is 1.36 bits per heavy atom. The summed E-state index contributed by atoms with van der Waals surface area (Å²) >= 11 is 0. The van der Waals surface area contributed by atoms with Crippen molar-refractivity contribution < 1.29 is 33.8 Å². The molecule has 11 nitrogen and oxygen atoms in total. The minimum Gasteiger partial charge on any atom is -0.391 e. The van der Waals surface area contributed by atoms with Crippen LogP contribution in [0.25, 0.3) is 0 Å². The molecule has 0 radical (unpaired) electrons. The maximum atomic E-state index is 13.4. The van der Waals surface area contributed by atoms with Crippen molar-refractivity contribution in [3.8, 4) is 0 Å². The van der Waals surface area contributed by atoms with E-state index in [4.69, 9.17) is 4.74 Å². The van der Waals surface area contributed by atoms with Crippen molar-refractivity contribution in [2.75, 3.05) is 13.7 Å². The van der Waals surface area contributed by atoms with Crippen LogP contribution in [0.3, 0.4) is 0 Å². The zero-order chi connectivity index (χ0) is 30.2. The summed E-state index contributed by atoms with van der Waals surface area (Å²) in [4.78, 5) is 66.4. The van der Waals surface area contributed by atoms with Gasteiger partial charge in [-0.1, -0.05) is 54.4 Å². The molecule has 1 aliphatic rings. The third-order valence-electron chi connectivity index (χ3n) is 7.66. The molecule has 0 aromatic rings. The number of carbonyl (C=O) groups is 5. The molecule has 0 bridgehead atoms. The van der Waals surface area contributed by atoms with E-state index in [0.29, 0.717) is 19.3 Å². The van der Waals surface area contributed by atoms with E-state index in [9.17, 15) is 29.1 Å². The van der Waals surface area contributed by atoms with Gasteiger partial charge in [-0.05, 0) is 38.0 Å². The lowest BCUT2D eigenvalue weighted by Gasteiger charge is -2.34. The van der Waals surface area contributed by atoms with E-state index in [1.165, 1.54) is 18.7 Å². The monoisotopic (exact) mass is 554 g/mol. The highest BCUT2D eigenvalue weighted by molar-refractivity contribution is 5.99. The second kappa shape index (κ2) is 14.7. The first kappa shape index (κ1) is 34.5. The summed E-state index contributed by atoms with van der Waals surface area (Å²) in [5.74, 6) is -2.73. The summed E-state index contributed by atoms with van der Waals surface area (Å²) in [6.07, 6.45) is 0.280. The molecule has 1 heterocycles. The lowest BCUT2D eigenvalue weighted by molar-refractivity contribution is -0.141. The second-order valence-corrected chi connectivity index (χ2v) is 11.6. The molecule has 39 heavy (non-hydrogen) atoms. The third kappa shape index (κ3) is 9.56. The average Bonchev–Trinajstić information content (AvgIpc) is 3.61. The second-order valence-electron chi connectivity index (χ2n) is 11.6. The topological polar surface area (TPSA) is 157 Å². The van der Waals surface area contributed by atoms with Gasteiger partial charge >= 0.3 is 0 Å². The molecule has 0 aromatic heterocycles. The van der Waals surface area contributed by atoms with Crippen LogP contribution in [-0.4, -0.2) is 88.9 Å². The van der Waals surface area contributed by atoms with Gasteiger partial charge in [0.15, 0.2) is 5.78 Å². The van der Waals surface area contributed by atoms with Crippen LogP contribution in [0.2, 0.25) is 0 Å². The van der Waals surface area contributed by atoms with Crippen LogP contribution < -0.4 is 16.0 Å². The van der Waals surface area contributed by atoms with E-state index >= 15 is 0 Å². The predicted molar refractivity (Wildman–Crippen MR) is 147 cm³/mol. The van der Waals surface area contributed by atoms with Gasteiger partial charge in [-0.2, -0.15) is 0 Å². The van der Waals surface area contributed by atoms with Crippen LogP contribution in [-0.2, 0) is 28.7 Å². The molecule has 0 saturated carbocycles. The van der Waals surface area contributed by atoms with E-state index in [1.807, 2.05) is 34.6 Å². The number of nitrogens with zero attached hydrogens (tertiary/aromatic N) is 1. The Hall–Kier alpha value is -2.53. The average molecular weight is 555 g/mol. The Morgan fingerprint density at radius 3 is 1.77 bits per heavy atom. The number of aliphatic hydroxyl groups is 1. The Balaban J connectivity index is 3.15. The van der Waals surface area contributed by atoms with Crippen LogP contribution in [0, 0.1) is 17.8 Å². The highest BCUT2D eigenvalue weighted by Gasteiger charge is 2.50. The van der Waals surface area contributed by atoms with E-state index in [-0.39, 0.29) is 36.1 Å². The van der Waals surface area contributed by atoms with Crippen LogP contribution in [0.15, 0.2) is 0 Å². The highest BCUT2D eigenvalue weighted by atomic mass is 16.6. The first-order valence-corrected chi connectivity index (χ1v) is 14.0. The van der Waals surface area contributed by atoms with Crippen LogP contribution in [0.4, 0.5) is 0 Å². The summed E-state index contributed by atoms with van der Waals surface area (Å²) in [6.45, 7) is 16.0. The molecular weight excluding hydrogens is 504 g/mol. The van der Waals surface area contributed by atoms with Crippen molar-refractivity contribution in [2.45, 2.75) is 117 Å². The summed E-state index contributed by atoms with van der Waals surface area (Å²) in [5.41, 5.74) is -0.943. The standard InChI is InChI=1S/C28H50N4O7/c1-11-16(5)21(30-27(38)23(17(6)12-2)32(10)19(8)34)25(36)31-22(18(7)33)26(37)29-20(13-15(3)4)24(35)28(9)14-39-28/h15-18,20-23,33H,11-14H2,1-10H3,(H,29,37)(H,30,38)(H,31,36)/t16-,17-,18+,20-,21-,22-,23?,28+/m0/s1. The minimum absolute atomic E-state index is 0.0952. The lowest BCUT2D eigenvalue weighted by Crippen LogP contribution is -2.62. The molecule has 0 spiro atoms. The van der Waals surface area contributed by atoms with Crippen molar-refractivity contribution in [3.05, 3.63) is 0 Å². The van der Waals surface area contributed by atoms with Gasteiger partial charge in [0, 0.05) is 14.0 Å². The number of hydrogen-bond acceptors (Lipinski definition) is 7. The van der Waals surface area contributed by atoms with Crippen LogP contribution in [0.5, 0.6) is 0 Å². The number of ketones is 1. The Bertz CT molecular complexity index is 887. The molecule has 8 atom stereocenters. The summed E-state index contributed by atoms with van der Waals surface area (Å²) in [6, 6.07) is -4.00. The van der Waals surface area contributed by atoms with E-state index in [2.05, 4.69) is 16.0 Å². The first-order valence-electron chi connectivity index (χ1n) is 14.0. The zero-order valence-electron chi connectivity index (χ0n) is 25.3. The summed E-state index contributed by atoms with van der Waals surface area (Å²) in [5, 5.41) is 18.5. The van der Waals surface area contributed by atoms with E-state index in [1.54, 1.807) is 20.9 Å². The van der Waals surface area contributed by atoms with Gasteiger partial charge in [-0.15, -0.1) is 0 Å².